The molecule has 0 saturated heterocycles. The number of hydrogen-bond acceptors (Lipinski definition) is 8. The maximum absolute atomic E-state index is 12.5. The van der Waals surface area contributed by atoms with Gasteiger partial charge in [0.1, 0.15) is 18.5 Å². The summed E-state index contributed by atoms with van der Waals surface area (Å²) in [5.74, 6) is -0.200. The van der Waals surface area contributed by atoms with E-state index >= 15 is 0 Å². The van der Waals surface area contributed by atoms with E-state index in [9.17, 15) is 9.59 Å². The number of ether oxygens (including phenoxy) is 1. The third-order valence-electron chi connectivity index (χ3n) is 5.03. The number of primary amides is 1. The lowest BCUT2D eigenvalue weighted by Gasteiger charge is -2.22. The van der Waals surface area contributed by atoms with Crippen molar-refractivity contribution in [1.29, 1.82) is 0 Å². The third-order valence-corrected chi connectivity index (χ3v) is 6.04. The van der Waals surface area contributed by atoms with E-state index in [-0.39, 0.29) is 35.7 Å². The number of hydrogen-bond donors (Lipinski definition) is 3. The van der Waals surface area contributed by atoms with E-state index in [1.54, 1.807) is 3.11 Å². The number of halogens is 1. The number of aldehydes is 1. The SMILES string of the molecule is CC(CN)CC(C=O)Nc1nc(OCc2ccccc2)c(C(N)=O)c(N(I)c2ccccc2)n1. The molecule has 178 valence electrons. The number of anilines is 3. The van der Waals surface area contributed by atoms with Gasteiger partial charge in [-0.1, -0.05) is 55.5 Å². The number of nitrogens with two attached hydrogens (primary N) is 2. The van der Waals surface area contributed by atoms with E-state index in [0.717, 1.165) is 17.5 Å². The highest BCUT2D eigenvalue weighted by atomic mass is 127. The smallest absolute Gasteiger partial charge is 0.258 e. The van der Waals surface area contributed by atoms with E-state index in [0.29, 0.717) is 13.0 Å². The van der Waals surface area contributed by atoms with Crippen LogP contribution in [0.25, 0.3) is 0 Å². The van der Waals surface area contributed by atoms with Crippen LogP contribution in [-0.2, 0) is 11.4 Å². The number of para-hydroxylation sites is 1. The van der Waals surface area contributed by atoms with Crippen LogP contribution >= 0.6 is 22.9 Å². The van der Waals surface area contributed by atoms with E-state index in [1.807, 2.05) is 90.5 Å². The highest BCUT2D eigenvalue weighted by molar-refractivity contribution is 14.1. The van der Waals surface area contributed by atoms with Crippen LogP contribution in [0, 0.1) is 5.92 Å². The molecule has 0 saturated carbocycles. The molecule has 3 rings (SSSR count). The molecule has 1 heterocycles. The van der Waals surface area contributed by atoms with Crippen LogP contribution in [0.15, 0.2) is 60.7 Å². The predicted octanol–water partition coefficient (Wildman–Crippen LogP) is 3.61. The lowest BCUT2D eigenvalue weighted by Crippen LogP contribution is -2.28. The number of nitrogens with zero attached hydrogens (tertiary/aromatic N) is 3. The number of benzene rings is 2. The van der Waals surface area contributed by atoms with Crippen molar-refractivity contribution in [2.24, 2.45) is 17.4 Å². The molecule has 1 amide bonds. The second-order valence-electron chi connectivity index (χ2n) is 7.77. The molecule has 34 heavy (non-hydrogen) atoms. The molecule has 10 heteroatoms. The molecule has 9 nitrogen and oxygen atoms in total. The molecule has 0 radical (unpaired) electrons. The molecule has 1 aromatic heterocycles. The topological polar surface area (TPSA) is 136 Å². The Labute approximate surface area is 212 Å². The fourth-order valence-corrected chi connectivity index (χ4v) is 3.88. The Morgan fingerprint density at radius 1 is 1.15 bits per heavy atom. The van der Waals surface area contributed by atoms with Crippen LogP contribution in [-0.4, -0.2) is 34.7 Å². The summed E-state index contributed by atoms with van der Waals surface area (Å²) in [6, 6.07) is 18.3. The molecule has 0 fully saturated rings. The highest BCUT2D eigenvalue weighted by Crippen LogP contribution is 2.35. The summed E-state index contributed by atoms with van der Waals surface area (Å²) in [4.78, 5) is 33.1. The molecule has 0 spiro atoms. The van der Waals surface area contributed by atoms with Gasteiger partial charge in [0.2, 0.25) is 11.8 Å². The van der Waals surface area contributed by atoms with Gasteiger partial charge in [-0.3, -0.25) is 7.91 Å². The zero-order chi connectivity index (χ0) is 24.5. The molecule has 3 aromatic rings. The van der Waals surface area contributed by atoms with Crippen LogP contribution in [0.4, 0.5) is 17.5 Å². The van der Waals surface area contributed by atoms with Gasteiger partial charge in [-0.05, 0) is 36.6 Å². The Kier molecular flexibility index (Phi) is 9.16. The van der Waals surface area contributed by atoms with Crippen molar-refractivity contribution in [2.75, 3.05) is 15.0 Å². The first-order valence-electron chi connectivity index (χ1n) is 10.7. The number of rotatable bonds is 12. The maximum Gasteiger partial charge on any atom is 0.258 e. The van der Waals surface area contributed by atoms with E-state index in [4.69, 9.17) is 16.2 Å². The quantitative estimate of drug-likeness (QED) is 0.170. The second kappa shape index (κ2) is 12.3. The molecule has 5 N–H and O–H groups in total. The van der Waals surface area contributed by atoms with E-state index < -0.39 is 11.9 Å². The minimum absolute atomic E-state index is 0.0259. The molecule has 2 unspecified atom stereocenters. The van der Waals surface area contributed by atoms with E-state index in [2.05, 4.69) is 15.3 Å². The lowest BCUT2D eigenvalue weighted by atomic mass is 10.0. The van der Waals surface area contributed by atoms with Gasteiger partial charge in [-0.2, -0.15) is 9.97 Å². The van der Waals surface area contributed by atoms with Crippen molar-refractivity contribution in [3.05, 3.63) is 71.8 Å². The summed E-state index contributed by atoms with van der Waals surface area (Å²) >= 11 is 2.04. The highest BCUT2D eigenvalue weighted by Gasteiger charge is 2.26. The third kappa shape index (κ3) is 6.64. The Morgan fingerprint density at radius 2 is 1.79 bits per heavy atom. The minimum atomic E-state index is -0.731. The van der Waals surface area contributed by atoms with Gasteiger partial charge >= 0.3 is 0 Å². The number of carbonyl (C=O) groups excluding carboxylic acids is 2. The minimum Gasteiger partial charge on any atom is -0.472 e. The van der Waals surface area contributed by atoms with Gasteiger partial charge in [-0.15, -0.1) is 0 Å². The van der Waals surface area contributed by atoms with Crippen molar-refractivity contribution in [3.63, 3.8) is 0 Å². The summed E-state index contributed by atoms with van der Waals surface area (Å²) in [5, 5.41) is 3.04. The van der Waals surface area contributed by atoms with E-state index in [1.165, 1.54) is 0 Å². The molecular formula is C24H27IN6O3. The van der Waals surface area contributed by atoms with Gasteiger partial charge in [0.15, 0.2) is 5.82 Å². The first kappa shape index (κ1) is 25.4. The summed E-state index contributed by atoms with van der Waals surface area (Å²) < 4.78 is 7.63. The zero-order valence-electron chi connectivity index (χ0n) is 18.7. The number of amides is 1. The Bertz CT molecular complexity index is 1100. The van der Waals surface area contributed by atoms with Gasteiger partial charge in [0.25, 0.3) is 5.91 Å². The lowest BCUT2D eigenvalue weighted by molar-refractivity contribution is -0.108. The van der Waals surface area contributed by atoms with Crippen LogP contribution in [0.5, 0.6) is 5.88 Å². The summed E-state index contributed by atoms with van der Waals surface area (Å²) in [6.45, 7) is 2.57. The zero-order valence-corrected chi connectivity index (χ0v) is 20.9. The Balaban J connectivity index is 2.04. The molecule has 2 aromatic carbocycles. The van der Waals surface area contributed by atoms with Gasteiger partial charge in [0, 0.05) is 0 Å². The summed E-state index contributed by atoms with van der Waals surface area (Å²) in [6.07, 6.45) is 1.30. The first-order chi connectivity index (χ1) is 16.4. The van der Waals surface area contributed by atoms with Crippen molar-refractivity contribution in [3.8, 4) is 5.88 Å². The standard InChI is InChI=1S/C24H27IN6O3/c1-16(13-26)12-18(14-32)28-24-29-22(31(25)19-10-6-3-7-11-19)20(21(27)33)23(30-24)34-15-17-8-4-2-5-9-17/h2-11,14,16,18H,12-13,15,26H2,1H3,(H2,27,33)(H,28,29,30). The van der Waals surface area contributed by atoms with Crippen LogP contribution in [0.3, 0.4) is 0 Å². The predicted molar refractivity (Wildman–Crippen MR) is 140 cm³/mol. The number of nitrogens with one attached hydrogen (secondary N) is 1. The Hall–Kier alpha value is -3.25. The summed E-state index contributed by atoms with van der Waals surface area (Å²) in [5.41, 5.74) is 13.2. The number of carbonyl (C=O) groups is 2. The number of aromatic nitrogens is 2. The van der Waals surface area contributed by atoms with Crippen LogP contribution in [0.2, 0.25) is 0 Å². The maximum atomic E-state index is 12.5. The van der Waals surface area contributed by atoms with Crippen LogP contribution in [0.1, 0.15) is 29.3 Å². The van der Waals surface area contributed by atoms with Gasteiger partial charge in [0.05, 0.1) is 34.6 Å². The normalized spacial score (nSPS) is 12.4. The monoisotopic (exact) mass is 574 g/mol. The average Bonchev–Trinajstić information content (AvgIpc) is 2.87. The van der Waals surface area contributed by atoms with Crippen LogP contribution < -0.4 is 24.6 Å². The fraction of sp³-hybridized carbons (Fsp3) is 0.250. The van der Waals surface area contributed by atoms with Gasteiger partial charge < -0.3 is 26.3 Å². The molecule has 0 bridgehead atoms. The fourth-order valence-electron chi connectivity index (χ4n) is 3.21. The molecule has 0 aliphatic carbocycles. The van der Waals surface area contributed by atoms with Crippen molar-refractivity contribution < 1.29 is 14.3 Å². The second-order valence-corrected chi connectivity index (χ2v) is 8.73. The molecule has 0 aliphatic heterocycles. The van der Waals surface area contributed by atoms with Crippen molar-refractivity contribution in [1.82, 2.24) is 9.97 Å². The van der Waals surface area contributed by atoms with Crippen molar-refractivity contribution >= 4 is 52.5 Å². The largest absolute Gasteiger partial charge is 0.472 e. The summed E-state index contributed by atoms with van der Waals surface area (Å²) in [7, 11) is 0. The molecule has 0 aliphatic rings. The molecule has 2 atom stereocenters. The average molecular weight is 574 g/mol. The molecular weight excluding hydrogens is 547 g/mol. The van der Waals surface area contributed by atoms with Crippen molar-refractivity contribution in [2.45, 2.75) is 26.0 Å². The Morgan fingerprint density at radius 3 is 2.38 bits per heavy atom. The van der Waals surface area contributed by atoms with Gasteiger partial charge in [-0.25, -0.2) is 0 Å². The first-order valence-corrected chi connectivity index (χ1v) is 11.7.